The molecule has 1 N–H and O–H groups in total. The molecule has 0 unspecified atom stereocenters. The third-order valence-electron chi connectivity index (χ3n) is 3.72. The van der Waals surface area contributed by atoms with Crippen LogP contribution in [0.5, 0.6) is 0 Å². The maximum atomic E-state index is 12.4. The Bertz CT molecular complexity index is 950. The van der Waals surface area contributed by atoms with Gasteiger partial charge in [0.25, 0.3) is 5.91 Å². The fourth-order valence-corrected chi connectivity index (χ4v) is 3.11. The van der Waals surface area contributed by atoms with Crippen LogP contribution < -0.4 is 5.32 Å². The minimum atomic E-state index is -0.419. The summed E-state index contributed by atoms with van der Waals surface area (Å²) >= 11 is 15.7. The van der Waals surface area contributed by atoms with Gasteiger partial charge in [0.05, 0.1) is 21.7 Å². The van der Waals surface area contributed by atoms with Crippen LogP contribution >= 0.6 is 39.1 Å². The highest BCUT2D eigenvalue weighted by Crippen LogP contribution is 2.25. The number of anilines is 1. The maximum absolute atomic E-state index is 12.4. The van der Waals surface area contributed by atoms with E-state index in [4.69, 9.17) is 23.2 Å². The van der Waals surface area contributed by atoms with Gasteiger partial charge in [0, 0.05) is 18.3 Å². The van der Waals surface area contributed by atoms with E-state index in [0.717, 1.165) is 11.3 Å². The van der Waals surface area contributed by atoms with Crippen LogP contribution in [0.15, 0.2) is 34.9 Å². The number of halogens is 3. The first kappa shape index (κ1) is 18.0. The van der Waals surface area contributed by atoms with Crippen LogP contribution in [0.2, 0.25) is 10.0 Å². The van der Waals surface area contributed by atoms with E-state index < -0.39 is 5.91 Å². The van der Waals surface area contributed by atoms with Crippen LogP contribution in [0.25, 0.3) is 0 Å². The smallest absolute Gasteiger partial charge is 0.278 e. The number of carbonyl (C=O) groups excluding carboxylic acids is 1. The van der Waals surface area contributed by atoms with Gasteiger partial charge in [0.1, 0.15) is 0 Å². The highest BCUT2D eigenvalue weighted by Gasteiger charge is 2.20. The second-order valence-electron chi connectivity index (χ2n) is 5.44. The van der Waals surface area contributed by atoms with Crippen molar-refractivity contribution in [2.75, 3.05) is 5.32 Å². The van der Waals surface area contributed by atoms with E-state index in [-0.39, 0.29) is 5.69 Å². The van der Waals surface area contributed by atoms with Crippen molar-refractivity contribution in [2.45, 2.75) is 13.5 Å². The highest BCUT2D eigenvalue weighted by molar-refractivity contribution is 9.10. The van der Waals surface area contributed by atoms with Crippen molar-refractivity contribution in [3.05, 3.63) is 61.9 Å². The zero-order valence-electron chi connectivity index (χ0n) is 13.4. The summed E-state index contributed by atoms with van der Waals surface area (Å²) in [6, 6.07) is 7.53. The zero-order valence-corrected chi connectivity index (χ0v) is 16.5. The molecule has 0 radical (unpaired) electrons. The summed E-state index contributed by atoms with van der Waals surface area (Å²) in [5.41, 5.74) is 1.81. The predicted octanol–water partition coefficient (Wildman–Crippen LogP) is 4.29. The lowest BCUT2D eigenvalue weighted by Gasteiger charge is -2.04. The van der Waals surface area contributed by atoms with Crippen molar-refractivity contribution in [2.24, 2.45) is 7.05 Å². The Kier molecular flexibility index (Phi) is 5.17. The Morgan fingerprint density at radius 3 is 2.64 bits per heavy atom. The summed E-state index contributed by atoms with van der Waals surface area (Å²) in [6.07, 6.45) is 1.77. The Balaban J connectivity index is 1.80. The molecule has 1 amide bonds. The third-order valence-corrected chi connectivity index (χ3v) is 5.12. The summed E-state index contributed by atoms with van der Waals surface area (Å²) in [4.78, 5) is 12.4. The minimum absolute atomic E-state index is 0.161. The first-order valence-electron chi connectivity index (χ1n) is 7.33. The second kappa shape index (κ2) is 7.19. The van der Waals surface area contributed by atoms with Gasteiger partial charge < -0.3 is 5.32 Å². The molecule has 0 fully saturated rings. The van der Waals surface area contributed by atoms with Crippen LogP contribution in [0, 0.1) is 6.92 Å². The number of hydrogen-bond donors (Lipinski definition) is 1. The van der Waals surface area contributed by atoms with Gasteiger partial charge in [-0.1, -0.05) is 41.4 Å². The topological polar surface area (TPSA) is 64.7 Å². The molecule has 1 aromatic carbocycles. The van der Waals surface area contributed by atoms with Crippen LogP contribution in [0.4, 0.5) is 5.82 Å². The molecule has 3 rings (SSSR count). The number of aryl methyl sites for hydroxylation is 1. The molecule has 2 aromatic heterocycles. The molecule has 0 aliphatic heterocycles. The molecule has 130 valence electrons. The molecular weight excluding hydrogens is 429 g/mol. The van der Waals surface area contributed by atoms with E-state index in [2.05, 4.69) is 31.4 Å². The molecule has 6 nitrogen and oxygen atoms in total. The lowest BCUT2D eigenvalue weighted by atomic mass is 10.2. The Labute approximate surface area is 162 Å². The molecule has 0 saturated carbocycles. The Morgan fingerprint density at radius 2 is 2.00 bits per heavy atom. The van der Waals surface area contributed by atoms with Gasteiger partial charge in [-0.25, -0.2) is 0 Å². The van der Waals surface area contributed by atoms with Crippen molar-refractivity contribution in [1.82, 2.24) is 19.6 Å². The van der Waals surface area contributed by atoms with Crippen molar-refractivity contribution in [3.8, 4) is 0 Å². The number of carbonyl (C=O) groups is 1. The molecule has 0 aliphatic rings. The number of nitrogens with one attached hydrogen (secondary N) is 1. The Morgan fingerprint density at radius 1 is 1.28 bits per heavy atom. The van der Waals surface area contributed by atoms with Gasteiger partial charge in [0.2, 0.25) is 0 Å². The zero-order chi connectivity index (χ0) is 18.1. The highest BCUT2D eigenvalue weighted by atomic mass is 79.9. The molecule has 0 saturated heterocycles. The van der Waals surface area contributed by atoms with Crippen molar-refractivity contribution in [1.29, 1.82) is 0 Å². The average Bonchev–Trinajstić information content (AvgIpc) is 3.04. The summed E-state index contributed by atoms with van der Waals surface area (Å²) in [5.74, 6) is -0.0335. The lowest BCUT2D eigenvalue weighted by Crippen LogP contribution is -2.14. The van der Waals surface area contributed by atoms with E-state index in [1.165, 1.54) is 0 Å². The average molecular weight is 443 g/mol. The van der Waals surface area contributed by atoms with Crippen LogP contribution in [-0.2, 0) is 13.6 Å². The summed E-state index contributed by atoms with van der Waals surface area (Å²) in [6.45, 7) is 2.28. The van der Waals surface area contributed by atoms with Gasteiger partial charge in [-0.15, -0.1) is 0 Å². The third kappa shape index (κ3) is 3.73. The predicted molar refractivity (Wildman–Crippen MR) is 101 cm³/mol. The molecule has 3 aromatic rings. The monoisotopic (exact) mass is 441 g/mol. The summed E-state index contributed by atoms with van der Waals surface area (Å²) < 4.78 is 3.89. The molecule has 0 aliphatic carbocycles. The fraction of sp³-hybridized carbons (Fsp3) is 0.188. The number of rotatable bonds is 4. The van der Waals surface area contributed by atoms with Gasteiger partial charge in [-0.2, -0.15) is 10.2 Å². The van der Waals surface area contributed by atoms with Crippen molar-refractivity contribution >= 4 is 50.9 Å². The first-order valence-corrected chi connectivity index (χ1v) is 8.88. The van der Waals surface area contributed by atoms with Crippen molar-refractivity contribution < 1.29 is 4.79 Å². The molecular formula is C16H14BrCl2N5O. The number of amides is 1. The largest absolute Gasteiger partial charge is 0.303 e. The molecule has 0 atom stereocenters. The van der Waals surface area contributed by atoms with E-state index in [9.17, 15) is 4.79 Å². The normalized spacial score (nSPS) is 10.9. The number of hydrogen-bond acceptors (Lipinski definition) is 3. The van der Waals surface area contributed by atoms with Gasteiger partial charge >= 0.3 is 0 Å². The first-order chi connectivity index (χ1) is 11.9. The summed E-state index contributed by atoms with van der Waals surface area (Å²) in [7, 11) is 1.73. The number of benzene rings is 1. The quantitative estimate of drug-likeness (QED) is 0.655. The number of aromatic nitrogens is 4. The molecule has 2 heterocycles. The molecule has 9 heteroatoms. The summed E-state index contributed by atoms with van der Waals surface area (Å²) in [5, 5.41) is 12.2. The van der Waals surface area contributed by atoms with Crippen LogP contribution in [0.3, 0.4) is 0 Å². The lowest BCUT2D eigenvalue weighted by molar-refractivity contribution is 0.102. The van der Waals surface area contributed by atoms with Crippen molar-refractivity contribution in [3.63, 3.8) is 0 Å². The van der Waals surface area contributed by atoms with E-state index in [1.807, 2.05) is 24.3 Å². The van der Waals surface area contributed by atoms with E-state index in [0.29, 0.717) is 26.9 Å². The van der Waals surface area contributed by atoms with Gasteiger partial charge in [0.15, 0.2) is 11.5 Å². The fourth-order valence-electron chi connectivity index (χ4n) is 2.26. The number of nitrogens with zero attached hydrogens (tertiary/aromatic N) is 4. The minimum Gasteiger partial charge on any atom is -0.303 e. The SMILES string of the molecule is Cc1c(Cl)c(C(=O)Nc2nn(Cc3ccccc3Cl)cc2Br)nn1C. The van der Waals surface area contributed by atoms with Gasteiger partial charge in [-0.3, -0.25) is 14.2 Å². The standard InChI is InChI=1S/C16H14BrCl2N5O/c1-9-13(19)14(21-23(9)2)16(25)20-15-11(17)8-24(22-15)7-10-5-3-4-6-12(10)18/h3-6,8H,7H2,1-2H3,(H,20,22,25). The van der Waals surface area contributed by atoms with Crippen LogP contribution in [-0.4, -0.2) is 25.5 Å². The van der Waals surface area contributed by atoms with Gasteiger partial charge in [-0.05, 0) is 34.5 Å². The second-order valence-corrected chi connectivity index (χ2v) is 7.08. The van der Waals surface area contributed by atoms with E-state index in [1.54, 1.807) is 29.5 Å². The molecule has 0 bridgehead atoms. The van der Waals surface area contributed by atoms with Crippen LogP contribution in [0.1, 0.15) is 21.7 Å². The van der Waals surface area contributed by atoms with E-state index >= 15 is 0 Å². The molecule has 25 heavy (non-hydrogen) atoms. The molecule has 0 spiro atoms. The Hall–Kier alpha value is -1.83. The maximum Gasteiger partial charge on any atom is 0.278 e.